The van der Waals surface area contributed by atoms with Crippen LogP contribution in [0.3, 0.4) is 0 Å². The van der Waals surface area contributed by atoms with Gasteiger partial charge in [-0.3, -0.25) is 0 Å². The number of benzene rings is 2. The Kier molecular flexibility index (Phi) is 3.79. The van der Waals surface area contributed by atoms with Gasteiger partial charge >= 0.3 is 0 Å². The fraction of sp³-hybridized carbons (Fsp3) is 0. The Morgan fingerprint density at radius 1 is 1.10 bits per heavy atom. The molecule has 0 radical (unpaired) electrons. The molecule has 0 spiro atoms. The van der Waals surface area contributed by atoms with E-state index in [0.717, 1.165) is 15.2 Å². The summed E-state index contributed by atoms with van der Waals surface area (Å²) in [4.78, 5) is 8.10. The number of nitrogens with zero attached hydrogens (tertiary/aromatic N) is 3. The fourth-order valence-electron chi connectivity index (χ4n) is 1.94. The lowest BCUT2D eigenvalue weighted by atomic mass is 10.0. The highest BCUT2D eigenvalue weighted by Gasteiger charge is 2.04. The van der Waals surface area contributed by atoms with E-state index in [1.54, 1.807) is 24.7 Å². The number of nitrogens with one attached hydrogen (secondary N) is 1. The summed E-state index contributed by atoms with van der Waals surface area (Å²) < 4.78 is 0.795. The van der Waals surface area contributed by atoms with E-state index in [1.807, 2.05) is 30.3 Å². The van der Waals surface area contributed by atoms with Crippen LogP contribution in [0.5, 0.6) is 5.75 Å². The van der Waals surface area contributed by atoms with Gasteiger partial charge in [0.1, 0.15) is 5.75 Å². The summed E-state index contributed by atoms with van der Waals surface area (Å²) in [7, 11) is 0. The fourth-order valence-corrected chi connectivity index (χ4v) is 2.15. The molecular weight excluding hydrogens is 332 g/mol. The lowest BCUT2D eigenvalue weighted by Crippen LogP contribution is -1.96. The third-order valence-electron chi connectivity index (χ3n) is 2.93. The van der Waals surface area contributed by atoms with Crippen LogP contribution in [0, 0.1) is 0 Å². The van der Waals surface area contributed by atoms with Crippen molar-refractivity contribution >= 4 is 38.9 Å². The SMILES string of the molecule is Oc1ccc2ccccc2c1/C=N/Nc1ncc(Br)cn1. The maximum absolute atomic E-state index is 9.99. The Hall–Kier alpha value is -2.47. The van der Waals surface area contributed by atoms with Crippen molar-refractivity contribution in [1.82, 2.24) is 9.97 Å². The molecule has 0 saturated heterocycles. The van der Waals surface area contributed by atoms with Crippen LogP contribution >= 0.6 is 15.9 Å². The van der Waals surface area contributed by atoms with Crippen molar-refractivity contribution in [1.29, 1.82) is 0 Å². The van der Waals surface area contributed by atoms with E-state index in [4.69, 9.17) is 0 Å². The smallest absolute Gasteiger partial charge is 0.243 e. The molecule has 0 aliphatic heterocycles. The number of hydrazone groups is 1. The first-order chi connectivity index (χ1) is 10.2. The zero-order chi connectivity index (χ0) is 14.7. The molecule has 0 aliphatic carbocycles. The number of anilines is 1. The average molecular weight is 343 g/mol. The van der Waals surface area contributed by atoms with Gasteiger partial charge in [-0.2, -0.15) is 5.10 Å². The van der Waals surface area contributed by atoms with E-state index in [-0.39, 0.29) is 5.75 Å². The molecule has 3 aromatic rings. The number of phenolic OH excluding ortho intramolecular Hbond substituents is 1. The molecule has 1 heterocycles. The predicted octanol–water partition coefficient (Wildman–Crippen LogP) is 3.54. The topological polar surface area (TPSA) is 70.4 Å². The zero-order valence-electron chi connectivity index (χ0n) is 10.9. The number of aromatic nitrogens is 2. The minimum Gasteiger partial charge on any atom is -0.507 e. The van der Waals surface area contributed by atoms with Crippen LogP contribution in [0.1, 0.15) is 5.56 Å². The first kappa shape index (κ1) is 13.5. The molecule has 2 aromatic carbocycles. The Labute approximate surface area is 129 Å². The highest BCUT2D eigenvalue weighted by molar-refractivity contribution is 9.10. The van der Waals surface area contributed by atoms with Gasteiger partial charge in [0.05, 0.1) is 10.7 Å². The summed E-state index contributed by atoms with van der Waals surface area (Å²) in [5.74, 6) is 0.560. The number of phenols is 1. The van der Waals surface area contributed by atoms with Crippen LogP contribution in [-0.4, -0.2) is 21.3 Å². The second-order valence-electron chi connectivity index (χ2n) is 4.31. The number of fused-ring (bicyclic) bond motifs is 1. The quantitative estimate of drug-likeness (QED) is 0.564. The van der Waals surface area contributed by atoms with Gasteiger partial charge in [-0.1, -0.05) is 30.3 Å². The minimum absolute atomic E-state index is 0.177. The molecule has 6 heteroatoms. The van der Waals surface area contributed by atoms with Crippen molar-refractivity contribution in [2.45, 2.75) is 0 Å². The number of halogens is 1. The lowest BCUT2D eigenvalue weighted by Gasteiger charge is -2.04. The zero-order valence-corrected chi connectivity index (χ0v) is 12.4. The summed E-state index contributed by atoms with van der Waals surface area (Å²) in [5, 5.41) is 16.0. The van der Waals surface area contributed by atoms with Crippen LogP contribution in [0.25, 0.3) is 10.8 Å². The molecule has 104 valence electrons. The summed E-state index contributed by atoms with van der Waals surface area (Å²) >= 11 is 3.26. The van der Waals surface area contributed by atoms with Gasteiger partial charge in [0.25, 0.3) is 0 Å². The van der Waals surface area contributed by atoms with Crippen molar-refractivity contribution in [3.63, 3.8) is 0 Å². The molecule has 0 aliphatic rings. The molecule has 0 fully saturated rings. The van der Waals surface area contributed by atoms with Crippen LogP contribution in [0.2, 0.25) is 0 Å². The van der Waals surface area contributed by atoms with Gasteiger partial charge in [0.2, 0.25) is 5.95 Å². The summed E-state index contributed by atoms with van der Waals surface area (Å²) in [6.45, 7) is 0. The summed E-state index contributed by atoms with van der Waals surface area (Å²) in [5.41, 5.74) is 3.38. The van der Waals surface area contributed by atoms with Crippen LogP contribution in [-0.2, 0) is 0 Å². The van der Waals surface area contributed by atoms with Gasteiger partial charge in [-0.15, -0.1) is 0 Å². The molecule has 0 saturated carbocycles. The molecule has 0 bridgehead atoms. The highest BCUT2D eigenvalue weighted by Crippen LogP contribution is 2.25. The Morgan fingerprint density at radius 2 is 1.86 bits per heavy atom. The van der Waals surface area contributed by atoms with E-state index in [0.29, 0.717) is 11.5 Å². The second kappa shape index (κ2) is 5.88. The third-order valence-corrected chi connectivity index (χ3v) is 3.34. The van der Waals surface area contributed by atoms with Crippen LogP contribution in [0.4, 0.5) is 5.95 Å². The summed E-state index contributed by atoms with van der Waals surface area (Å²) in [6.07, 6.45) is 4.81. The molecule has 0 atom stereocenters. The van der Waals surface area contributed by atoms with Gasteiger partial charge in [0.15, 0.2) is 0 Å². The molecule has 1 aromatic heterocycles. The number of hydrogen-bond acceptors (Lipinski definition) is 5. The first-order valence-corrected chi connectivity index (χ1v) is 7.01. The lowest BCUT2D eigenvalue weighted by molar-refractivity contribution is 0.475. The first-order valence-electron chi connectivity index (χ1n) is 6.21. The van der Waals surface area contributed by atoms with Crippen molar-refractivity contribution in [3.8, 4) is 5.75 Å². The van der Waals surface area contributed by atoms with Gasteiger partial charge in [-0.05, 0) is 32.8 Å². The van der Waals surface area contributed by atoms with E-state index in [9.17, 15) is 5.11 Å². The van der Waals surface area contributed by atoms with E-state index in [1.165, 1.54) is 0 Å². The maximum Gasteiger partial charge on any atom is 0.243 e. The molecular formula is C15H11BrN4O. The molecule has 5 nitrogen and oxygen atoms in total. The standard InChI is InChI=1S/C15H11BrN4O/c16-11-7-17-15(18-8-11)20-19-9-13-12-4-2-1-3-10(12)5-6-14(13)21/h1-9,21H,(H,17,18,20)/b19-9+. The van der Waals surface area contributed by atoms with Gasteiger partial charge in [-0.25, -0.2) is 15.4 Å². The number of rotatable bonds is 3. The molecule has 0 amide bonds. The molecule has 0 unspecified atom stereocenters. The van der Waals surface area contributed by atoms with Crippen molar-refractivity contribution in [2.24, 2.45) is 5.10 Å². The largest absolute Gasteiger partial charge is 0.507 e. The van der Waals surface area contributed by atoms with E-state index < -0.39 is 0 Å². The van der Waals surface area contributed by atoms with Crippen molar-refractivity contribution < 1.29 is 5.11 Å². The third kappa shape index (κ3) is 3.00. The highest BCUT2D eigenvalue weighted by atomic mass is 79.9. The monoisotopic (exact) mass is 342 g/mol. The molecule has 2 N–H and O–H groups in total. The Balaban J connectivity index is 1.89. The van der Waals surface area contributed by atoms with E-state index >= 15 is 0 Å². The van der Waals surface area contributed by atoms with Crippen molar-refractivity contribution in [3.05, 3.63) is 58.8 Å². The Morgan fingerprint density at radius 3 is 2.67 bits per heavy atom. The van der Waals surface area contributed by atoms with Crippen LogP contribution in [0.15, 0.2) is 58.4 Å². The minimum atomic E-state index is 0.177. The number of hydrogen-bond donors (Lipinski definition) is 2. The maximum atomic E-state index is 9.99. The van der Waals surface area contributed by atoms with Crippen molar-refractivity contribution in [2.75, 3.05) is 5.43 Å². The average Bonchev–Trinajstić information content (AvgIpc) is 2.51. The second-order valence-corrected chi connectivity index (χ2v) is 5.23. The normalized spacial score (nSPS) is 11.1. The Bertz CT molecular complexity index is 802. The molecule has 3 rings (SSSR count). The summed E-state index contributed by atoms with van der Waals surface area (Å²) in [6, 6.07) is 11.3. The van der Waals surface area contributed by atoms with Gasteiger partial charge < -0.3 is 5.11 Å². The van der Waals surface area contributed by atoms with Crippen LogP contribution < -0.4 is 5.43 Å². The number of aromatic hydroxyl groups is 1. The van der Waals surface area contributed by atoms with E-state index in [2.05, 4.69) is 36.4 Å². The van der Waals surface area contributed by atoms with Gasteiger partial charge in [0, 0.05) is 18.0 Å². The predicted molar refractivity (Wildman–Crippen MR) is 86.6 cm³/mol. The molecule has 21 heavy (non-hydrogen) atoms.